The number of fused-ring (bicyclic) bond motifs is 9. The number of benzene rings is 8. The van der Waals surface area contributed by atoms with Gasteiger partial charge in [-0.15, -0.1) is 11.3 Å². The molecule has 0 amide bonds. The molecule has 0 unspecified atom stereocenters. The first kappa shape index (κ1) is 33.1. The van der Waals surface area contributed by atoms with Gasteiger partial charge in [0.05, 0.1) is 5.69 Å². The van der Waals surface area contributed by atoms with Crippen molar-refractivity contribution >= 4 is 48.6 Å². The van der Waals surface area contributed by atoms with Gasteiger partial charge in [0.25, 0.3) is 0 Å². The number of nitrogens with zero attached hydrogens (tertiary/aromatic N) is 1. The van der Waals surface area contributed by atoms with E-state index < -0.39 is 0 Å². The van der Waals surface area contributed by atoms with E-state index in [9.17, 15) is 0 Å². The van der Waals surface area contributed by atoms with E-state index in [0.717, 1.165) is 17.1 Å². The Morgan fingerprint density at radius 2 is 0.804 bits per heavy atom. The number of hydrogen-bond donors (Lipinski definition) is 0. The molecule has 0 atom stereocenters. The van der Waals surface area contributed by atoms with Gasteiger partial charge in [0.15, 0.2) is 0 Å². The first-order chi connectivity index (χ1) is 27.3. The van der Waals surface area contributed by atoms with Gasteiger partial charge in [0.2, 0.25) is 0 Å². The van der Waals surface area contributed by atoms with Crippen LogP contribution >= 0.6 is 11.3 Å². The molecule has 2 aliphatic rings. The molecule has 1 nitrogen and oxygen atoms in total. The van der Waals surface area contributed by atoms with Crippen LogP contribution in [-0.4, -0.2) is 0 Å². The summed E-state index contributed by atoms with van der Waals surface area (Å²) in [6, 6.07) is 65.8. The Bertz CT molecular complexity index is 2940. The fourth-order valence-corrected chi connectivity index (χ4v) is 11.1. The van der Waals surface area contributed by atoms with Gasteiger partial charge in [-0.3, -0.25) is 0 Å². The minimum Gasteiger partial charge on any atom is -0.310 e. The first-order valence-corrected chi connectivity index (χ1v) is 20.5. The average Bonchev–Trinajstić information content (AvgIpc) is 3.81. The Morgan fingerprint density at radius 3 is 1.43 bits per heavy atom. The molecular formula is C54H41NS. The van der Waals surface area contributed by atoms with Gasteiger partial charge >= 0.3 is 0 Å². The van der Waals surface area contributed by atoms with Gasteiger partial charge in [-0.05, 0) is 104 Å². The molecule has 0 fully saturated rings. The van der Waals surface area contributed by atoms with Crippen molar-refractivity contribution in [3.8, 4) is 44.5 Å². The van der Waals surface area contributed by atoms with Gasteiger partial charge in [0.1, 0.15) is 0 Å². The molecule has 1 aromatic heterocycles. The van der Waals surface area contributed by atoms with E-state index in [1.165, 1.54) is 86.9 Å². The standard InChI is InChI=1S/C54H41NS/c1-53(2)45-23-11-7-18-38(45)40-30-28-34(32-47(40)53)55(35-29-31-41-39-19-8-12-24-46(39)54(3,4)48(41)33-35)49-25-13-9-20-42(49)36-16-5-6-17-37(36)43-22-15-27-51-52(43)44-21-10-14-26-50(44)56-51/h5-33H,1-4H3. The minimum absolute atomic E-state index is 0.122. The Morgan fingerprint density at radius 1 is 0.357 bits per heavy atom. The number of hydrogen-bond acceptors (Lipinski definition) is 2. The van der Waals surface area contributed by atoms with Gasteiger partial charge in [-0.25, -0.2) is 0 Å². The summed E-state index contributed by atoms with van der Waals surface area (Å²) in [4.78, 5) is 2.52. The number of anilines is 3. The summed E-state index contributed by atoms with van der Waals surface area (Å²) >= 11 is 1.88. The lowest BCUT2D eigenvalue weighted by molar-refractivity contribution is 0.660. The molecule has 56 heavy (non-hydrogen) atoms. The zero-order chi connectivity index (χ0) is 37.8. The molecule has 9 aromatic rings. The van der Waals surface area contributed by atoms with Crippen molar-refractivity contribution in [1.29, 1.82) is 0 Å². The van der Waals surface area contributed by atoms with Crippen molar-refractivity contribution in [2.45, 2.75) is 38.5 Å². The van der Waals surface area contributed by atoms with Gasteiger partial charge < -0.3 is 4.90 Å². The van der Waals surface area contributed by atoms with Crippen molar-refractivity contribution in [1.82, 2.24) is 0 Å². The molecule has 2 heteroatoms. The molecule has 268 valence electrons. The highest BCUT2D eigenvalue weighted by molar-refractivity contribution is 7.25. The molecule has 0 radical (unpaired) electrons. The van der Waals surface area contributed by atoms with Gasteiger partial charge in [0, 0.05) is 47.9 Å². The highest BCUT2D eigenvalue weighted by Crippen LogP contribution is 2.54. The maximum Gasteiger partial charge on any atom is 0.0540 e. The van der Waals surface area contributed by atoms with Crippen molar-refractivity contribution < 1.29 is 0 Å². The van der Waals surface area contributed by atoms with E-state index in [1.54, 1.807) is 0 Å². The van der Waals surface area contributed by atoms with Crippen LogP contribution in [-0.2, 0) is 10.8 Å². The summed E-state index contributed by atoms with van der Waals surface area (Å²) in [5, 5.41) is 2.65. The van der Waals surface area contributed by atoms with E-state index in [4.69, 9.17) is 0 Å². The third kappa shape index (κ3) is 4.72. The van der Waals surface area contributed by atoms with E-state index in [1.807, 2.05) is 11.3 Å². The number of para-hydroxylation sites is 1. The van der Waals surface area contributed by atoms with E-state index >= 15 is 0 Å². The molecule has 0 aliphatic heterocycles. The zero-order valence-corrected chi connectivity index (χ0v) is 32.9. The molecule has 0 bridgehead atoms. The van der Waals surface area contributed by atoms with E-state index in [0.29, 0.717) is 0 Å². The molecular weight excluding hydrogens is 695 g/mol. The monoisotopic (exact) mass is 735 g/mol. The molecule has 0 saturated heterocycles. The number of thiophene rings is 1. The largest absolute Gasteiger partial charge is 0.310 e. The summed E-state index contributed by atoms with van der Waals surface area (Å²) in [6.45, 7) is 9.50. The van der Waals surface area contributed by atoms with Crippen LogP contribution in [0.4, 0.5) is 17.1 Å². The molecule has 11 rings (SSSR count). The van der Waals surface area contributed by atoms with E-state index in [2.05, 4.69) is 209 Å². The molecule has 1 heterocycles. The molecule has 0 saturated carbocycles. The predicted molar refractivity (Wildman–Crippen MR) is 240 cm³/mol. The Kier molecular flexibility index (Phi) is 7.18. The third-order valence-electron chi connectivity index (χ3n) is 12.7. The van der Waals surface area contributed by atoms with E-state index in [-0.39, 0.29) is 10.8 Å². The highest BCUT2D eigenvalue weighted by atomic mass is 32.1. The minimum atomic E-state index is -0.122. The normalized spacial score (nSPS) is 14.4. The Labute approximate surface area is 333 Å². The Hall–Kier alpha value is -6.22. The maximum absolute atomic E-state index is 2.52. The summed E-state index contributed by atoms with van der Waals surface area (Å²) in [5.74, 6) is 0. The summed E-state index contributed by atoms with van der Waals surface area (Å²) in [6.07, 6.45) is 0. The van der Waals surface area contributed by atoms with Gasteiger partial charge in [-0.2, -0.15) is 0 Å². The van der Waals surface area contributed by atoms with Gasteiger partial charge in [-0.1, -0.05) is 161 Å². The fraction of sp³-hybridized carbons (Fsp3) is 0.111. The third-order valence-corrected chi connectivity index (χ3v) is 13.8. The van der Waals surface area contributed by atoms with Crippen LogP contribution in [0.5, 0.6) is 0 Å². The van der Waals surface area contributed by atoms with Crippen molar-refractivity contribution in [2.75, 3.05) is 4.90 Å². The maximum atomic E-state index is 2.52. The molecule has 2 aliphatic carbocycles. The average molecular weight is 736 g/mol. The van der Waals surface area contributed by atoms with Crippen LogP contribution < -0.4 is 4.90 Å². The fourth-order valence-electron chi connectivity index (χ4n) is 9.94. The lowest BCUT2D eigenvalue weighted by atomic mass is 9.82. The van der Waals surface area contributed by atoms with Crippen LogP contribution in [0.25, 0.3) is 64.7 Å². The predicted octanol–water partition coefficient (Wildman–Crippen LogP) is 15.5. The number of rotatable bonds is 5. The van der Waals surface area contributed by atoms with Crippen LogP contribution in [0.3, 0.4) is 0 Å². The topological polar surface area (TPSA) is 3.24 Å². The summed E-state index contributed by atoms with van der Waals surface area (Å²) in [7, 11) is 0. The molecule has 0 spiro atoms. The molecule has 0 N–H and O–H groups in total. The second kappa shape index (κ2) is 12.1. The lowest BCUT2D eigenvalue weighted by Crippen LogP contribution is -2.18. The zero-order valence-electron chi connectivity index (χ0n) is 32.1. The van der Waals surface area contributed by atoms with Crippen molar-refractivity contribution in [2.24, 2.45) is 0 Å². The van der Waals surface area contributed by atoms with Crippen molar-refractivity contribution in [3.05, 3.63) is 198 Å². The quantitative estimate of drug-likeness (QED) is 0.170. The SMILES string of the molecule is CC1(C)c2ccccc2-c2ccc(N(c3ccc4c(c3)C(C)(C)c3ccccc3-4)c3ccccc3-c3ccccc3-c3cccc4sc5ccccc5c34)cc21. The van der Waals surface area contributed by atoms with Crippen LogP contribution in [0.2, 0.25) is 0 Å². The first-order valence-electron chi connectivity index (χ1n) is 19.7. The van der Waals surface area contributed by atoms with Crippen LogP contribution in [0.1, 0.15) is 49.9 Å². The second-order valence-corrected chi connectivity index (χ2v) is 17.6. The lowest BCUT2D eigenvalue weighted by Gasteiger charge is -2.31. The van der Waals surface area contributed by atoms with Crippen LogP contribution in [0.15, 0.2) is 176 Å². The highest BCUT2D eigenvalue weighted by Gasteiger charge is 2.38. The Balaban J connectivity index is 1.15. The summed E-state index contributed by atoms with van der Waals surface area (Å²) < 4.78 is 2.64. The second-order valence-electron chi connectivity index (χ2n) is 16.5. The van der Waals surface area contributed by atoms with Crippen LogP contribution in [0, 0.1) is 0 Å². The summed E-state index contributed by atoms with van der Waals surface area (Å²) in [5.41, 5.74) is 19.0. The van der Waals surface area contributed by atoms with Crippen molar-refractivity contribution in [3.63, 3.8) is 0 Å². The smallest absolute Gasteiger partial charge is 0.0540 e. The molecule has 8 aromatic carbocycles.